The van der Waals surface area contributed by atoms with Crippen molar-refractivity contribution in [3.05, 3.63) is 193 Å². The van der Waals surface area contributed by atoms with E-state index in [0.29, 0.717) is 0 Å². The van der Waals surface area contributed by atoms with E-state index in [1.807, 2.05) is 12.1 Å². The van der Waals surface area contributed by atoms with E-state index in [2.05, 4.69) is 194 Å². The Hall–Kier alpha value is -7.56. The Kier molecular flexibility index (Phi) is 7.02. The standard InChI is InChI=1S/C54H36N2O2/c1-33-13-3-7-19-43(33)55(47-21-11-17-39-37-15-5-9-23-49(37)57-53(39)47)45-31-27-35-26-30-42-46(32-28-36-25-29-41(45)51(35)52(36)42)56(44-20-8-4-14-34(44)2)48-22-12-18-40-38-16-6-10-24-50(38)58-54(40)48/h3-32H,1-2H3. The van der Waals surface area contributed by atoms with Crippen molar-refractivity contribution in [2.45, 2.75) is 13.8 Å². The SMILES string of the molecule is Cc1ccccc1N(c1ccc2ccc3c(N(c4ccccc4C)c4cccc5c4oc4ccccc45)ccc4ccc1c2c43)c1cccc2c1oc1ccccc12. The molecule has 0 saturated heterocycles. The minimum Gasteiger partial charge on any atom is -0.454 e. The lowest BCUT2D eigenvalue weighted by atomic mass is 9.91. The lowest BCUT2D eigenvalue weighted by molar-refractivity contribution is 0.668. The zero-order chi connectivity index (χ0) is 38.5. The van der Waals surface area contributed by atoms with Gasteiger partial charge >= 0.3 is 0 Å². The van der Waals surface area contributed by atoms with Crippen LogP contribution in [0.2, 0.25) is 0 Å². The summed E-state index contributed by atoms with van der Waals surface area (Å²) in [6, 6.07) is 65.2. The number of rotatable bonds is 6. The van der Waals surface area contributed by atoms with Crippen LogP contribution in [0, 0.1) is 13.8 Å². The first-order valence-electron chi connectivity index (χ1n) is 19.8. The van der Waals surface area contributed by atoms with Crippen molar-refractivity contribution in [2.75, 3.05) is 9.80 Å². The van der Waals surface area contributed by atoms with Crippen LogP contribution < -0.4 is 9.80 Å². The average molecular weight is 745 g/mol. The topological polar surface area (TPSA) is 32.8 Å². The average Bonchev–Trinajstić information content (AvgIpc) is 3.85. The molecule has 0 atom stereocenters. The molecule has 274 valence electrons. The molecule has 0 aliphatic carbocycles. The van der Waals surface area contributed by atoms with Gasteiger partial charge in [-0.1, -0.05) is 133 Å². The number of furan rings is 2. The lowest BCUT2D eigenvalue weighted by Gasteiger charge is -2.30. The zero-order valence-electron chi connectivity index (χ0n) is 32.0. The molecular weight excluding hydrogens is 709 g/mol. The van der Waals surface area contributed by atoms with Gasteiger partial charge in [0.1, 0.15) is 11.2 Å². The van der Waals surface area contributed by atoms with Crippen LogP contribution in [0.3, 0.4) is 0 Å². The molecule has 58 heavy (non-hydrogen) atoms. The van der Waals surface area contributed by atoms with Crippen LogP contribution in [0.15, 0.2) is 191 Å². The van der Waals surface area contributed by atoms with Crippen LogP contribution in [0.25, 0.3) is 76.2 Å². The van der Waals surface area contributed by atoms with Crippen molar-refractivity contribution in [1.29, 1.82) is 0 Å². The summed E-state index contributed by atoms with van der Waals surface area (Å²) in [7, 11) is 0. The molecule has 0 spiro atoms. The molecule has 0 unspecified atom stereocenters. The van der Waals surface area contributed by atoms with Gasteiger partial charge in [0, 0.05) is 43.7 Å². The first-order valence-corrected chi connectivity index (χ1v) is 19.8. The molecule has 0 aliphatic heterocycles. The van der Waals surface area contributed by atoms with E-state index in [9.17, 15) is 0 Å². The second kappa shape index (κ2) is 12.5. The Morgan fingerprint density at radius 1 is 0.293 bits per heavy atom. The summed E-state index contributed by atoms with van der Waals surface area (Å²) in [5.41, 5.74) is 12.3. The lowest BCUT2D eigenvalue weighted by Crippen LogP contribution is -2.13. The van der Waals surface area contributed by atoms with Crippen molar-refractivity contribution in [3.8, 4) is 0 Å². The van der Waals surface area contributed by atoms with Gasteiger partial charge in [0.15, 0.2) is 11.2 Å². The van der Waals surface area contributed by atoms with Crippen molar-refractivity contribution in [1.82, 2.24) is 0 Å². The molecule has 4 heteroatoms. The van der Waals surface area contributed by atoms with Crippen LogP contribution in [-0.4, -0.2) is 0 Å². The molecule has 0 saturated carbocycles. The summed E-state index contributed by atoms with van der Waals surface area (Å²) < 4.78 is 13.4. The van der Waals surface area contributed by atoms with Crippen LogP contribution in [0.5, 0.6) is 0 Å². The van der Waals surface area contributed by atoms with Crippen molar-refractivity contribution >= 4 is 110 Å². The van der Waals surface area contributed by atoms with Gasteiger partial charge in [-0.2, -0.15) is 0 Å². The maximum Gasteiger partial charge on any atom is 0.159 e. The van der Waals surface area contributed by atoms with E-state index in [-0.39, 0.29) is 0 Å². The molecule has 0 fully saturated rings. The smallest absolute Gasteiger partial charge is 0.159 e. The third-order valence-corrected chi connectivity index (χ3v) is 12.1. The van der Waals surface area contributed by atoms with Gasteiger partial charge in [0.2, 0.25) is 0 Å². The molecule has 0 radical (unpaired) electrons. The summed E-state index contributed by atoms with van der Waals surface area (Å²) in [6.45, 7) is 4.37. The van der Waals surface area contributed by atoms with E-state index in [0.717, 1.165) is 78.0 Å². The Balaban J connectivity index is 1.15. The third kappa shape index (κ3) is 4.69. The van der Waals surface area contributed by atoms with E-state index in [4.69, 9.17) is 8.83 Å². The molecule has 0 bridgehead atoms. The van der Waals surface area contributed by atoms with Crippen molar-refractivity contribution in [3.63, 3.8) is 0 Å². The van der Waals surface area contributed by atoms with Crippen LogP contribution in [0.1, 0.15) is 11.1 Å². The number of hydrogen-bond donors (Lipinski definition) is 0. The minimum atomic E-state index is 0.869. The van der Waals surface area contributed by atoms with Gasteiger partial charge in [0.05, 0.1) is 22.7 Å². The Morgan fingerprint density at radius 3 is 1.14 bits per heavy atom. The molecule has 0 aliphatic rings. The number of fused-ring (bicyclic) bond motifs is 6. The number of hydrogen-bond acceptors (Lipinski definition) is 4. The first-order chi connectivity index (χ1) is 28.6. The quantitative estimate of drug-likeness (QED) is 0.159. The summed E-state index contributed by atoms with van der Waals surface area (Å²) in [6.07, 6.45) is 0. The second-order valence-corrected chi connectivity index (χ2v) is 15.3. The van der Waals surface area contributed by atoms with Gasteiger partial charge in [-0.3, -0.25) is 0 Å². The highest BCUT2D eigenvalue weighted by molar-refractivity contribution is 6.28. The largest absolute Gasteiger partial charge is 0.454 e. The van der Waals surface area contributed by atoms with Gasteiger partial charge < -0.3 is 18.6 Å². The van der Waals surface area contributed by atoms with Gasteiger partial charge in [0.25, 0.3) is 0 Å². The number of benzene rings is 10. The van der Waals surface area contributed by atoms with Crippen molar-refractivity contribution < 1.29 is 8.83 Å². The maximum atomic E-state index is 6.70. The monoisotopic (exact) mass is 744 g/mol. The fourth-order valence-electron chi connectivity index (χ4n) is 9.38. The Labute approximate surface area is 334 Å². The molecule has 0 amide bonds. The van der Waals surface area contributed by atoms with E-state index < -0.39 is 0 Å². The molecule has 12 rings (SSSR count). The Bertz CT molecular complexity index is 3340. The van der Waals surface area contributed by atoms with E-state index in [1.165, 1.54) is 43.4 Å². The van der Waals surface area contributed by atoms with Crippen LogP contribution in [-0.2, 0) is 0 Å². The first kappa shape index (κ1) is 32.7. The molecule has 2 heterocycles. The van der Waals surface area contributed by atoms with Crippen molar-refractivity contribution in [2.24, 2.45) is 0 Å². The minimum absolute atomic E-state index is 0.869. The number of anilines is 6. The fourth-order valence-corrected chi connectivity index (χ4v) is 9.38. The number of nitrogens with zero attached hydrogens (tertiary/aromatic N) is 2. The highest BCUT2D eigenvalue weighted by Crippen LogP contribution is 2.50. The molecular formula is C54H36N2O2. The maximum absolute atomic E-state index is 6.70. The molecule has 0 N–H and O–H groups in total. The molecule has 10 aromatic carbocycles. The molecule has 4 nitrogen and oxygen atoms in total. The molecule has 12 aromatic rings. The molecule has 2 aromatic heterocycles. The Morgan fingerprint density at radius 2 is 0.672 bits per heavy atom. The third-order valence-electron chi connectivity index (χ3n) is 12.1. The number of aryl methyl sites for hydroxylation is 2. The van der Waals surface area contributed by atoms with Gasteiger partial charge in [-0.15, -0.1) is 0 Å². The zero-order valence-corrected chi connectivity index (χ0v) is 32.0. The fraction of sp³-hybridized carbons (Fsp3) is 0.0370. The van der Waals surface area contributed by atoms with Gasteiger partial charge in [-0.25, -0.2) is 0 Å². The van der Waals surface area contributed by atoms with E-state index in [1.54, 1.807) is 0 Å². The summed E-state index contributed by atoms with van der Waals surface area (Å²) in [5, 5.41) is 11.6. The highest BCUT2D eigenvalue weighted by Gasteiger charge is 2.26. The normalized spacial score (nSPS) is 12.0. The van der Waals surface area contributed by atoms with E-state index >= 15 is 0 Å². The summed E-state index contributed by atoms with van der Waals surface area (Å²) in [4.78, 5) is 4.80. The van der Waals surface area contributed by atoms with Crippen LogP contribution in [0.4, 0.5) is 34.1 Å². The predicted molar refractivity (Wildman–Crippen MR) is 244 cm³/mol. The predicted octanol–water partition coefficient (Wildman–Crippen LogP) is 15.9. The highest BCUT2D eigenvalue weighted by atomic mass is 16.3. The summed E-state index contributed by atoms with van der Waals surface area (Å²) in [5.74, 6) is 0. The van der Waals surface area contributed by atoms with Gasteiger partial charge in [-0.05, 0) is 95.1 Å². The second-order valence-electron chi connectivity index (χ2n) is 15.3. The summed E-state index contributed by atoms with van der Waals surface area (Å²) >= 11 is 0. The number of para-hydroxylation sites is 6. The van der Waals surface area contributed by atoms with Crippen LogP contribution >= 0.6 is 0 Å².